The van der Waals surface area contributed by atoms with Crippen molar-refractivity contribution in [3.05, 3.63) is 48.6 Å². The number of unbranched alkanes of at least 4 members (excludes halogenated alkanes) is 21. The molecule has 0 aliphatic heterocycles. The third-order valence-electron chi connectivity index (χ3n) is 9.30. The van der Waals surface area contributed by atoms with E-state index in [4.69, 9.17) is 0 Å². The van der Waals surface area contributed by atoms with E-state index in [2.05, 4.69) is 67.8 Å². The molecular weight excluding hydrogens is 643 g/mol. The molecule has 1 amide bonds. The molecule has 3 N–H and O–H groups in total. The summed E-state index contributed by atoms with van der Waals surface area (Å²) in [6.07, 6.45) is 49.2. The lowest BCUT2D eigenvalue weighted by atomic mass is 10.0. The highest BCUT2D eigenvalue weighted by atomic mass is 32.2. The smallest absolute Gasteiger partial charge is 0.266 e. The van der Waals surface area contributed by atoms with E-state index in [9.17, 15) is 22.9 Å². The molecule has 0 fully saturated rings. The number of aliphatic hydroxyl groups is 1. The number of allylic oxidation sites excluding steroid dienone is 8. The van der Waals surface area contributed by atoms with E-state index in [-0.39, 0.29) is 12.3 Å². The van der Waals surface area contributed by atoms with Gasteiger partial charge in [0.2, 0.25) is 5.91 Å². The van der Waals surface area contributed by atoms with Crippen LogP contribution in [-0.2, 0) is 14.9 Å². The van der Waals surface area contributed by atoms with E-state index < -0.39 is 28.0 Å². The lowest BCUT2D eigenvalue weighted by molar-refractivity contribution is -0.122. The minimum atomic E-state index is -4.32. The van der Waals surface area contributed by atoms with Crippen molar-refractivity contribution in [3.8, 4) is 0 Å². The van der Waals surface area contributed by atoms with Gasteiger partial charge in [-0.25, -0.2) is 0 Å². The summed E-state index contributed by atoms with van der Waals surface area (Å²) in [5.74, 6) is -0.951. The van der Waals surface area contributed by atoms with Gasteiger partial charge in [-0.05, 0) is 51.4 Å². The first kappa shape index (κ1) is 48.3. The molecule has 0 saturated carbocycles. The summed E-state index contributed by atoms with van der Waals surface area (Å²) in [5, 5.41) is 13.3. The first-order chi connectivity index (χ1) is 24.3. The van der Waals surface area contributed by atoms with Crippen LogP contribution in [0.2, 0.25) is 0 Å². The number of aliphatic hydroxyl groups excluding tert-OH is 1. The number of rotatable bonds is 37. The van der Waals surface area contributed by atoms with Gasteiger partial charge in [0.15, 0.2) is 0 Å². The molecule has 0 aliphatic rings. The molecule has 50 heavy (non-hydrogen) atoms. The van der Waals surface area contributed by atoms with E-state index >= 15 is 0 Å². The highest BCUT2D eigenvalue weighted by Crippen LogP contribution is 2.16. The second-order valence-electron chi connectivity index (χ2n) is 14.2. The Balaban J connectivity index is 3.90. The predicted octanol–water partition coefficient (Wildman–Crippen LogP) is 12.3. The minimum absolute atomic E-state index is 0.265. The lowest BCUT2D eigenvalue weighted by Crippen LogP contribution is -2.47. The van der Waals surface area contributed by atoms with E-state index in [1.165, 1.54) is 109 Å². The molecule has 0 aromatic carbocycles. The Hall–Kier alpha value is -1.70. The number of hydrogen-bond donors (Lipinski definition) is 3. The maximum absolute atomic E-state index is 12.5. The van der Waals surface area contributed by atoms with Crippen LogP contribution in [0.3, 0.4) is 0 Å². The molecule has 0 saturated heterocycles. The quantitative estimate of drug-likeness (QED) is 0.0336. The second kappa shape index (κ2) is 37.1. The maximum Gasteiger partial charge on any atom is 0.266 e. The zero-order valence-corrected chi connectivity index (χ0v) is 33.3. The zero-order valence-electron chi connectivity index (χ0n) is 32.5. The van der Waals surface area contributed by atoms with Gasteiger partial charge in [-0.1, -0.05) is 191 Å². The third kappa shape index (κ3) is 37.6. The van der Waals surface area contributed by atoms with Gasteiger partial charge in [-0.15, -0.1) is 0 Å². The average molecular weight is 722 g/mol. The minimum Gasteiger partial charge on any atom is -0.391 e. The van der Waals surface area contributed by atoms with Crippen LogP contribution in [-0.4, -0.2) is 41.9 Å². The van der Waals surface area contributed by atoms with Gasteiger partial charge in [0.25, 0.3) is 10.1 Å². The number of carbonyl (C=O) groups is 1. The largest absolute Gasteiger partial charge is 0.391 e. The Bertz CT molecular complexity index is 972. The number of amides is 1. The van der Waals surface area contributed by atoms with Crippen LogP contribution in [0.15, 0.2) is 48.6 Å². The monoisotopic (exact) mass is 722 g/mol. The van der Waals surface area contributed by atoms with Crippen molar-refractivity contribution in [2.75, 3.05) is 5.75 Å². The van der Waals surface area contributed by atoms with Crippen molar-refractivity contribution in [3.63, 3.8) is 0 Å². The predicted molar refractivity (Wildman–Crippen MR) is 216 cm³/mol. The van der Waals surface area contributed by atoms with Gasteiger partial charge in [0.1, 0.15) is 0 Å². The van der Waals surface area contributed by atoms with Crippen molar-refractivity contribution in [1.82, 2.24) is 5.32 Å². The summed E-state index contributed by atoms with van der Waals surface area (Å²) in [7, 11) is -4.32. The molecule has 0 radical (unpaired) electrons. The molecular formula is C43H79NO5S. The van der Waals surface area contributed by atoms with Crippen LogP contribution in [0, 0.1) is 0 Å². The summed E-state index contributed by atoms with van der Waals surface area (Å²) in [4.78, 5) is 12.5. The standard InChI is InChI=1S/C43H79NO5S/c1-3-5-7-9-11-13-15-17-19-20-21-22-23-25-26-28-30-32-34-36-38-42(45)41(40-50(47,48)49)44-43(46)39-37-35-33-31-29-27-24-18-16-14-12-10-8-6-4-2/h6,8,12,14,18,24,29,31,41-42,45H,3-5,7,9-11,13,15-17,19-23,25-28,30,32-40H2,1-2H3,(H,44,46)(H,47,48,49)/b8-6-,14-12-,24-18-,31-29-. The van der Waals surface area contributed by atoms with Crippen molar-refractivity contribution >= 4 is 16.0 Å². The lowest BCUT2D eigenvalue weighted by Gasteiger charge is -2.23. The first-order valence-electron chi connectivity index (χ1n) is 20.8. The Morgan fingerprint density at radius 1 is 0.560 bits per heavy atom. The van der Waals surface area contributed by atoms with Gasteiger partial charge in [0.05, 0.1) is 17.9 Å². The molecule has 2 unspecified atom stereocenters. The summed E-state index contributed by atoms with van der Waals surface area (Å²) >= 11 is 0. The van der Waals surface area contributed by atoms with Crippen molar-refractivity contribution < 1.29 is 22.9 Å². The fourth-order valence-corrected chi connectivity index (χ4v) is 6.97. The second-order valence-corrected chi connectivity index (χ2v) is 15.7. The SMILES string of the molecule is CC/C=C\C/C=C\C/C=C\C/C=C\CCCCC(=O)NC(CS(=O)(=O)O)C(O)CCCCCCCCCCCCCCCCCCCCCC. The topological polar surface area (TPSA) is 104 Å². The Labute approximate surface area is 309 Å². The van der Waals surface area contributed by atoms with Gasteiger partial charge in [0, 0.05) is 6.42 Å². The number of nitrogens with one attached hydrogen (secondary N) is 1. The summed E-state index contributed by atoms with van der Waals surface area (Å²) in [6.45, 7) is 4.41. The van der Waals surface area contributed by atoms with Gasteiger partial charge in [-0.2, -0.15) is 8.42 Å². The molecule has 292 valence electrons. The fourth-order valence-electron chi connectivity index (χ4n) is 6.21. The normalized spacial score (nSPS) is 13.8. The molecule has 6 nitrogen and oxygen atoms in total. The molecule has 0 heterocycles. The van der Waals surface area contributed by atoms with Gasteiger partial charge < -0.3 is 10.4 Å². The summed E-state index contributed by atoms with van der Waals surface area (Å²) < 4.78 is 32.5. The molecule has 0 aliphatic carbocycles. The first-order valence-corrected chi connectivity index (χ1v) is 22.4. The van der Waals surface area contributed by atoms with Crippen molar-refractivity contribution in [2.45, 2.75) is 212 Å². The molecule has 0 aromatic heterocycles. The van der Waals surface area contributed by atoms with Crippen LogP contribution in [0.5, 0.6) is 0 Å². The fraction of sp³-hybridized carbons (Fsp3) is 0.791. The van der Waals surface area contributed by atoms with E-state index in [1.54, 1.807) is 0 Å². The van der Waals surface area contributed by atoms with Gasteiger partial charge in [-0.3, -0.25) is 9.35 Å². The van der Waals surface area contributed by atoms with E-state index in [0.717, 1.165) is 57.8 Å². The Kier molecular flexibility index (Phi) is 35.8. The van der Waals surface area contributed by atoms with E-state index in [1.807, 2.05) is 0 Å². The molecule has 0 rings (SSSR count). The molecule has 7 heteroatoms. The molecule has 0 spiro atoms. The summed E-state index contributed by atoms with van der Waals surface area (Å²) in [5.41, 5.74) is 0. The van der Waals surface area contributed by atoms with Crippen molar-refractivity contribution in [2.24, 2.45) is 0 Å². The van der Waals surface area contributed by atoms with Crippen LogP contribution in [0.4, 0.5) is 0 Å². The number of carbonyl (C=O) groups excluding carboxylic acids is 1. The van der Waals surface area contributed by atoms with E-state index in [0.29, 0.717) is 12.8 Å². The Morgan fingerprint density at radius 3 is 1.38 bits per heavy atom. The molecule has 0 aromatic rings. The molecule has 0 bridgehead atoms. The molecule has 2 atom stereocenters. The van der Waals surface area contributed by atoms with Crippen molar-refractivity contribution in [1.29, 1.82) is 0 Å². The average Bonchev–Trinajstić information content (AvgIpc) is 3.08. The third-order valence-corrected chi connectivity index (χ3v) is 10.1. The highest BCUT2D eigenvalue weighted by molar-refractivity contribution is 7.85. The maximum atomic E-state index is 12.5. The van der Waals surface area contributed by atoms with Crippen LogP contribution >= 0.6 is 0 Å². The summed E-state index contributed by atoms with van der Waals surface area (Å²) in [6, 6.07) is -0.993. The van der Waals surface area contributed by atoms with Crippen LogP contribution < -0.4 is 5.32 Å². The van der Waals surface area contributed by atoms with Crippen LogP contribution in [0.25, 0.3) is 0 Å². The van der Waals surface area contributed by atoms with Gasteiger partial charge >= 0.3 is 0 Å². The highest BCUT2D eigenvalue weighted by Gasteiger charge is 2.26. The number of hydrogen-bond acceptors (Lipinski definition) is 4. The zero-order chi connectivity index (χ0) is 36.8. The Morgan fingerprint density at radius 2 is 0.960 bits per heavy atom. The van der Waals surface area contributed by atoms with Crippen LogP contribution in [0.1, 0.15) is 200 Å².